The molecule has 2 atom stereocenters. The second-order valence-electron chi connectivity index (χ2n) is 4.56. The predicted octanol–water partition coefficient (Wildman–Crippen LogP) is 1.14. The number of carboxylic acids is 1. The number of ether oxygens (including phenoxy) is 1. The fraction of sp³-hybridized carbons (Fsp3) is 0.462. The van der Waals surface area contributed by atoms with Crippen LogP contribution >= 0.6 is 15.9 Å². The maximum atomic E-state index is 11.9. The molecule has 0 radical (unpaired) electrons. The van der Waals surface area contributed by atoms with Crippen LogP contribution in [-0.4, -0.2) is 40.7 Å². The van der Waals surface area contributed by atoms with Crippen LogP contribution in [0, 0.1) is 0 Å². The van der Waals surface area contributed by atoms with Crippen molar-refractivity contribution in [3.05, 3.63) is 28.5 Å². The van der Waals surface area contributed by atoms with Gasteiger partial charge in [0.25, 0.3) is 0 Å². The first-order valence-corrected chi connectivity index (χ1v) is 7.11. The van der Waals surface area contributed by atoms with Gasteiger partial charge in [0.1, 0.15) is 16.7 Å². The molecule has 0 aliphatic carbocycles. The Bertz CT molecular complexity index is 503. The molecule has 2 N–H and O–H groups in total. The van der Waals surface area contributed by atoms with Crippen molar-refractivity contribution >= 4 is 27.8 Å². The molecule has 1 saturated heterocycles. The van der Waals surface area contributed by atoms with Crippen LogP contribution in [0.5, 0.6) is 0 Å². The number of amides is 1. The molecule has 1 amide bonds. The van der Waals surface area contributed by atoms with Crippen molar-refractivity contribution in [2.75, 3.05) is 6.61 Å². The third-order valence-corrected chi connectivity index (χ3v) is 3.81. The Morgan fingerprint density at radius 3 is 3.00 bits per heavy atom. The number of hydrogen-bond acceptors (Lipinski definition) is 4. The van der Waals surface area contributed by atoms with Crippen LogP contribution in [0.1, 0.15) is 18.4 Å². The monoisotopic (exact) mass is 342 g/mol. The number of halogens is 1. The van der Waals surface area contributed by atoms with Crippen molar-refractivity contribution in [1.82, 2.24) is 10.3 Å². The molecule has 0 bridgehead atoms. The lowest BCUT2D eigenvalue weighted by atomic mass is 10.1. The molecule has 1 fully saturated rings. The molecule has 0 spiro atoms. The standard InChI is InChI=1S/C13H15BrN2O4/c14-11-8(3-1-5-15-11)7-9(13(18)19)16-12(17)10-4-2-6-20-10/h1,3,5,9-10H,2,4,6-7H2,(H,16,17)(H,18,19)/t9-,10-/m1/s1. The number of rotatable bonds is 5. The fourth-order valence-corrected chi connectivity index (χ4v) is 2.45. The van der Waals surface area contributed by atoms with E-state index in [4.69, 9.17) is 4.74 Å². The average Bonchev–Trinajstić information content (AvgIpc) is 2.94. The van der Waals surface area contributed by atoms with Crippen LogP contribution in [0.3, 0.4) is 0 Å². The smallest absolute Gasteiger partial charge is 0.326 e. The van der Waals surface area contributed by atoms with E-state index in [-0.39, 0.29) is 12.3 Å². The predicted molar refractivity (Wildman–Crippen MR) is 74.2 cm³/mol. The van der Waals surface area contributed by atoms with E-state index in [0.717, 1.165) is 12.0 Å². The Morgan fingerprint density at radius 2 is 2.40 bits per heavy atom. The van der Waals surface area contributed by atoms with Crippen molar-refractivity contribution in [2.24, 2.45) is 0 Å². The van der Waals surface area contributed by atoms with Crippen LogP contribution < -0.4 is 5.32 Å². The van der Waals surface area contributed by atoms with Gasteiger partial charge in [-0.05, 0) is 40.4 Å². The van der Waals surface area contributed by atoms with Gasteiger partial charge in [0.2, 0.25) is 5.91 Å². The van der Waals surface area contributed by atoms with Gasteiger partial charge in [-0.15, -0.1) is 0 Å². The Hall–Kier alpha value is -1.47. The molecule has 2 heterocycles. The van der Waals surface area contributed by atoms with E-state index in [1.807, 2.05) is 0 Å². The summed E-state index contributed by atoms with van der Waals surface area (Å²) < 4.78 is 5.82. The number of carbonyl (C=O) groups is 2. The Kier molecular flexibility index (Phi) is 5.08. The molecular weight excluding hydrogens is 328 g/mol. The van der Waals surface area contributed by atoms with Gasteiger partial charge in [0, 0.05) is 19.2 Å². The maximum Gasteiger partial charge on any atom is 0.326 e. The van der Waals surface area contributed by atoms with E-state index in [1.54, 1.807) is 18.3 Å². The first-order chi connectivity index (χ1) is 9.58. The summed E-state index contributed by atoms with van der Waals surface area (Å²) in [5.74, 6) is -1.44. The largest absolute Gasteiger partial charge is 0.480 e. The van der Waals surface area contributed by atoms with Gasteiger partial charge in [-0.2, -0.15) is 0 Å². The Morgan fingerprint density at radius 1 is 1.60 bits per heavy atom. The molecule has 2 rings (SSSR count). The van der Waals surface area contributed by atoms with E-state index < -0.39 is 18.1 Å². The summed E-state index contributed by atoms with van der Waals surface area (Å²) in [4.78, 5) is 27.2. The van der Waals surface area contributed by atoms with Crippen molar-refractivity contribution in [1.29, 1.82) is 0 Å². The molecule has 7 heteroatoms. The number of nitrogens with one attached hydrogen (secondary N) is 1. The average molecular weight is 343 g/mol. The number of carboxylic acid groups (broad SMARTS) is 1. The van der Waals surface area contributed by atoms with Crippen LogP contribution in [0.4, 0.5) is 0 Å². The van der Waals surface area contributed by atoms with Crippen LogP contribution in [0.2, 0.25) is 0 Å². The summed E-state index contributed by atoms with van der Waals surface area (Å²) in [5.41, 5.74) is 0.729. The zero-order valence-corrected chi connectivity index (χ0v) is 12.3. The molecular formula is C13H15BrN2O4. The van der Waals surface area contributed by atoms with Gasteiger partial charge < -0.3 is 15.2 Å². The first kappa shape index (κ1) is 14.9. The highest BCUT2D eigenvalue weighted by molar-refractivity contribution is 9.10. The minimum Gasteiger partial charge on any atom is -0.480 e. The van der Waals surface area contributed by atoms with E-state index in [2.05, 4.69) is 26.2 Å². The third kappa shape index (κ3) is 3.77. The summed E-state index contributed by atoms with van der Waals surface area (Å²) in [6.07, 6.45) is 2.70. The molecule has 6 nitrogen and oxygen atoms in total. The number of carbonyl (C=O) groups excluding carboxylic acids is 1. The highest BCUT2D eigenvalue weighted by atomic mass is 79.9. The molecule has 0 saturated carbocycles. The molecule has 1 aliphatic rings. The lowest BCUT2D eigenvalue weighted by Gasteiger charge is -2.17. The van der Waals surface area contributed by atoms with E-state index in [0.29, 0.717) is 17.6 Å². The first-order valence-electron chi connectivity index (χ1n) is 6.32. The molecule has 1 aliphatic heterocycles. The lowest BCUT2D eigenvalue weighted by molar-refractivity contribution is -0.143. The van der Waals surface area contributed by atoms with Gasteiger partial charge in [-0.25, -0.2) is 9.78 Å². The van der Waals surface area contributed by atoms with E-state index in [1.165, 1.54) is 0 Å². The molecule has 1 aromatic heterocycles. The Balaban J connectivity index is 2.02. The van der Waals surface area contributed by atoms with Gasteiger partial charge >= 0.3 is 5.97 Å². The molecule has 1 aromatic rings. The van der Waals surface area contributed by atoms with Crippen molar-refractivity contribution in [3.8, 4) is 0 Å². The van der Waals surface area contributed by atoms with Crippen molar-refractivity contribution in [2.45, 2.75) is 31.4 Å². The molecule has 20 heavy (non-hydrogen) atoms. The van der Waals surface area contributed by atoms with Gasteiger partial charge in [0.15, 0.2) is 0 Å². The van der Waals surface area contributed by atoms with E-state index in [9.17, 15) is 14.7 Å². The summed E-state index contributed by atoms with van der Waals surface area (Å²) in [6, 6.07) is 2.50. The second-order valence-corrected chi connectivity index (χ2v) is 5.31. The molecule has 0 aromatic carbocycles. The summed E-state index contributed by atoms with van der Waals surface area (Å²) in [5, 5.41) is 11.7. The van der Waals surface area contributed by atoms with Gasteiger partial charge in [-0.1, -0.05) is 6.07 Å². The highest BCUT2D eigenvalue weighted by Gasteiger charge is 2.28. The van der Waals surface area contributed by atoms with Crippen LogP contribution in [-0.2, 0) is 20.7 Å². The number of aromatic nitrogens is 1. The van der Waals surface area contributed by atoms with Gasteiger partial charge in [-0.3, -0.25) is 4.79 Å². The third-order valence-electron chi connectivity index (χ3n) is 3.10. The summed E-state index contributed by atoms with van der Waals surface area (Å²) in [6.45, 7) is 0.546. The van der Waals surface area contributed by atoms with E-state index >= 15 is 0 Å². The Labute approximate surface area is 124 Å². The zero-order valence-electron chi connectivity index (χ0n) is 10.7. The molecule has 108 valence electrons. The minimum atomic E-state index is -1.08. The summed E-state index contributed by atoms with van der Waals surface area (Å²) in [7, 11) is 0. The lowest BCUT2D eigenvalue weighted by Crippen LogP contribution is -2.46. The number of nitrogens with zero attached hydrogens (tertiary/aromatic N) is 1. The highest BCUT2D eigenvalue weighted by Crippen LogP contribution is 2.16. The number of pyridine rings is 1. The SMILES string of the molecule is O=C(O)[C@@H](Cc1cccnc1Br)NC(=O)[C@H]1CCCO1. The van der Waals surface area contributed by atoms with Crippen LogP contribution in [0.25, 0.3) is 0 Å². The topological polar surface area (TPSA) is 88.5 Å². The van der Waals surface area contributed by atoms with Crippen LogP contribution in [0.15, 0.2) is 22.9 Å². The van der Waals surface area contributed by atoms with Gasteiger partial charge in [0.05, 0.1) is 0 Å². The normalized spacial score (nSPS) is 19.6. The second kappa shape index (κ2) is 6.81. The zero-order chi connectivity index (χ0) is 14.5. The number of aliphatic carboxylic acids is 1. The summed E-state index contributed by atoms with van der Waals surface area (Å²) >= 11 is 3.26. The van der Waals surface area contributed by atoms with Crippen molar-refractivity contribution < 1.29 is 19.4 Å². The molecule has 0 unspecified atom stereocenters. The maximum absolute atomic E-state index is 11.9. The number of hydrogen-bond donors (Lipinski definition) is 2. The minimum absolute atomic E-state index is 0.169. The van der Waals surface area contributed by atoms with Crippen molar-refractivity contribution in [3.63, 3.8) is 0 Å². The fourth-order valence-electron chi connectivity index (χ4n) is 2.04. The quantitative estimate of drug-likeness (QED) is 0.783.